The minimum absolute atomic E-state index is 0.0365. The Kier molecular flexibility index (Phi) is 6.39. The summed E-state index contributed by atoms with van der Waals surface area (Å²) in [7, 11) is 0. The Bertz CT molecular complexity index is 1320. The minimum Gasteiger partial charge on any atom is -0.338 e. The highest BCUT2D eigenvalue weighted by molar-refractivity contribution is 5.98. The topological polar surface area (TPSA) is 67.2 Å². The van der Waals surface area contributed by atoms with Crippen LogP contribution in [0.5, 0.6) is 0 Å². The fraction of sp³-hybridized carbons (Fsp3) is 0.179. The van der Waals surface area contributed by atoms with Gasteiger partial charge in [0.1, 0.15) is 17.3 Å². The Morgan fingerprint density at radius 2 is 1.54 bits per heavy atom. The standard InChI is InChI=1S/C28H25FN4O2/c29-24-13-11-22(12-14-24)26-27(33(19-30-26)17-21-9-5-2-6-10-21)31-28(35)23-15-25(34)32(18-23)16-20-7-3-1-4-8-20/h1-14,19,23H,15-18H2,(H,31,35). The first-order valence-corrected chi connectivity index (χ1v) is 11.5. The Labute approximate surface area is 203 Å². The Morgan fingerprint density at radius 1 is 0.914 bits per heavy atom. The number of carbonyl (C=O) groups is 2. The second-order valence-corrected chi connectivity index (χ2v) is 8.71. The van der Waals surface area contributed by atoms with Gasteiger partial charge in [-0.2, -0.15) is 0 Å². The molecule has 0 saturated carbocycles. The third-order valence-corrected chi connectivity index (χ3v) is 6.19. The fourth-order valence-electron chi connectivity index (χ4n) is 4.36. The molecule has 0 spiro atoms. The molecule has 1 atom stereocenters. The quantitative estimate of drug-likeness (QED) is 0.427. The summed E-state index contributed by atoms with van der Waals surface area (Å²) < 4.78 is 15.4. The van der Waals surface area contributed by atoms with Crippen LogP contribution in [-0.4, -0.2) is 32.8 Å². The largest absolute Gasteiger partial charge is 0.338 e. The number of likely N-dealkylation sites (tertiary alicyclic amines) is 1. The van der Waals surface area contributed by atoms with Gasteiger partial charge in [0, 0.05) is 25.1 Å². The predicted molar refractivity (Wildman–Crippen MR) is 132 cm³/mol. The molecule has 1 saturated heterocycles. The second-order valence-electron chi connectivity index (χ2n) is 8.71. The average Bonchev–Trinajstić information content (AvgIpc) is 3.44. The van der Waals surface area contributed by atoms with Crippen molar-refractivity contribution in [1.29, 1.82) is 0 Å². The number of halogens is 1. The number of amides is 2. The van der Waals surface area contributed by atoms with Crippen LogP contribution < -0.4 is 5.32 Å². The van der Waals surface area contributed by atoms with Crippen LogP contribution in [0.2, 0.25) is 0 Å². The number of imidazole rings is 1. The van der Waals surface area contributed by atoms with Crippen molar-refractivity contribution in [1.82, 2.24) is 14.5 Å². The predicted octanol–water partition coefficient (Wildman–Crippen LogP) is 4.72. The Hall–Kier alpha value is -4.26. The van der Waals surface area contributed by atoms with Crippen LogP contribution in [0.3, 0.4) is 0 Å². The number of carbonyl (C=O) groups excluding carboxylic acids is 2. The lowest BCUT2D eigenvalue weighted by Gasteiger charge is -2.17. The number of benzene rings is 3. The molecule has 1 N–H and O–H groups in total. The maximum absolute atomic E-state index is 13.5. The first-order chi connectivity index (χ1) is 17.1. The highest BCUT2D eigenvalue weighted by Gasteiger charge is 2.35. The Balaban J connectivity index is 1.38. The van der Waals surface area contributed by atoms with Gasteiger partial charge in [0.15, 0.2) is 0 Å². The summed E-state index contributed by atoms with van der Waals surface area (Å²) >= 11 is 0. The van der Waals surface area contributed by atoms with Crippen molar-refractivity contribution in [2.24, 2.45) is 5.92 Å². The maximum Gasteiger partial charge on any atom is 0.230 e. The molecule has 0 bridgehead atoms. The first kappa shape index (κ1) is 22.5. The van der Waals surface area contributed by atoms with Gasteiger partial charge in [0.05, 0.1) is 18.8 Å². The summed E-state index contributed by atoms with van der Waals surface area (Å²) in [6, 6.07) is 25.6. The van der Waals surface area contributed by atoms with E-state index in [1.54, 1.807) is 23.4 Å². The zero-order valence-corrected chi connectivity index (χ0v) is 19.1. The highest BCUT2D eigenvalue weighted by Crippen LogP contribution is 2.29. The summed E-state index contributed by atoms with van der Waals surface area (Å²) in [5.74, 6) is -0.546. The lowest BCUT2D eigenvalue weighted by Crippen LogP contribution is -2.28. The van der Waals surface area contributed by atoms with E-state index in [1.807, 2.05) is 65.2 Å². The smallest absolute Gasteiger partial charge is 0.230 e. The lowest BCUT2D eigenvalue weighted by molar-refractivity contribution is -0.128. The van der Waals surface area contributed by atoms with Crippen LogP contribution in [0, 0.1) is 11.7 Å². The molecule has 35 heavy (non-hydrogen) atoms. The molecular formula is C28H25FN4O2. The summed E-state index contributed by atoms with van der Waals surface area (Å²) in [6.45, 7) is 1.35. The van der Waals surface area contributed by atoms with E-state index in [4.69, 9.17) is 0 Å². The van der Waals surface area contributed by atoms with Crippen molar-refractivity contribution in [3.63, 3.8) is 0 Å². The first-order valence-electron chi connectivity index (χ1n) is 11.5. The number of aromatic nitrogens is 2. The molecule has 1 aliphatic rings. The van der Waals surface area contributed by atoms with E-state index in [1.165, 1.54) is 12.1 Å². The van der Waals surface area contributed by atoms with Crippen molar-refractivity contribution in [3.05, 3.63) is 108 Å². The monoisotopic (exact) mass is 468 g/mol. The lowest BCUT2D eigenvalue weighted by atomic mass is 10.1. The van der Waals surface area contributed by atoms with Crippen molar-refractivity contribution < 1.29 is 14.0 Å². The molecule has 1 aromatic heterocycles. The molecule has 2 heterocycles. The van der Waals surface area contributed by atoms with Crippen LogP contribution in [0.15, 0.2) is 91.3 Å². The molecular weight excluding hydrogens is 443 g/mol. The number of hydrogen-bond acceptors (Lipinski definition) is 3. The summed E-state index contributed by atoms with van der Waals surface area (Å²) in [5.41, 5.74) is 3.33. The third-order valence-electron chi connectivity index (χ3n) is 6.19. The molecule has 6 nitrogen and oxygen atoms in total. The number of hydrogen-bond donors (Lipinski definition) is 1. The van der Waals surface area contributed by atoms with E-state index in [2.05, 4.69) is 10.3 Å². The van der Waals surface area contributed by atoms with E-state index in [0.29, 0.717) is 36.7 Å². The van der Waals surface area contributed by atoms with Gasteiger partial charge in [0.25, 0.3) is 0 Å². The normalized spacial score (nSPS) is 15.4. The van der Waals surface area contributed by atoms with E-state index in [9.17, 15) is 14.0 Å². The van der Waals surface area contributed by atoms with Gasteiger partial charge in [-0.15, -0.1) is 0 Å². The summed E-state index contributed by atoms with van der Waals surface area (Å²) in [5, 5.41) is 3.03. The molecule has 0 aliphatic carbocycles. The number of nitrogens with zero attached hydrogens (tertiary/aromatic N) is 3. The van der Waals surface area contributed by atoms with E-state index in [-0.39, 0.29) is 24.1 Å². The van der Waals surface area contributed by atoms with E-state index >= 15 is 0 Å². The van der Waals surface area contributed by atoms with Gasteiger partial charge >= 0.3 is 0 Å². The summed E-state index contributed by atoms with van der Waals surface area (Å²) in [6.07, 6.45) is 1.83. The van der Waals surface area contributed by atoms with Crippen molar-refractivity contribution >= 4 is 17.6 Å². The molecule has 0 radical (unpaired) electrons. The van der Waals surface area contributed by atoms with E-state index in [0.717, 1.165) is 11.1 Å². The van der Waals surface area contributed by atoms with Gasteiger partial charge in [-0.1, -0.05) is 60.7 Å². The van der Waals surface area contributed by atoms with Gasteiger partial charge < -0.3 is 14.8 Å². The molecule has 1 fully saturated rings. The fourth-order valence-corrected chi connectivity index (χ4v) is 4.36. The van der Waals surface area contributed by atoms with Crippen LogP contribution in [-0.2, 0) is 22.7 Å². The van der Waals surface area contributed by atoms with Crippen LogP contribution in [0.25, 0.3) is 11.3 Å². The molecule has 4 aromatic rings. The molecule has 2 amide bonds. The highest BCUT2D eigenvalue weighted by atomic mass is 19.1. The molecule has 5 rings (SSSR count). The van der Waals surface area contributed by atoms with Crippen molar-refractivity contribution in [2.75, 3.05) is 11.9 Å². The van der Waals surface area contributed by atoms with Crippen LogP contribution >= 0.6 is 0 Å². The zero-order chi connectivity index (χ0) is 24.2. The second kappa shape index (κ2) is 9.93. The van der Waals surface area contributed by atoms with Gasteiger partial charge in [-0.25, -0.2) is 9.37 Å². The average molecular weight is 469 g/mol. The Morgan fingerprint density at radius 3 is 2.20 bits per heavy atom. The van der Waals surface area contributed by atoms with Crippen LogP contribution in [0.1, 0.15) is 17.5 Å². The third kappa shape index (κ3) is 5.14. The van der Waals surface area contributed by atoms with Gasteiger partial charge in [-0.05, 0) is 35.4 Å². The van der Waals surface area contributed by atoms with E-state index < -0.39 is 5.92 Å². The van der Waals surface area contributed by atoms with Gasteiger partial charge in [0.2, 0.25) is 11.8 Å². The molecule has 7 heteroatoms. The van der Waals surface area contributed by atoms with Crippen molar-refractivity contribution in [3.8, 4) is 11.3 Å². The van der Waals surface area contributed by atoms with Crippen LogP contribution in [0.4, 0.5) is 10.2 Å². The number of rotatable bonds is 7. The maximum atomic E-state index is 13.5. The molecule has 176 valence electrons. The summed E-state index contributed by atoms with van der Waals surface area (Å²) in [4.78, 5) is 32.2. The number of anilines is 1. The van der Waals surface area contributed by atoms with Gasteiger partial charge in [-0.3, -0.25) is 9.59 Å². The zero-order valence-electron chi connectivity index (χ0n) is 19.1. The molecule has 1 aliphatic heterocycles. The minimum atomic E-state index is -0.465. The SMILES string of the molecule is O=C(Nc1c(-c2ccc(F)cc2)ncn1Cc1ccccc1)C1CC(=O)N(Cc2ccccc2)C1. The van der Waals surface area contributed by atoms with Crippen molar-refractivity contribution in [2.45, 2.75) is 19.5 Å². The number of nitrogens with one attached hydrogen (secondary N) is 1. The molecule has 1 unspecified atom stereocenters. The molecule has 3 aromatic carbocycles.